The first kappa shape index (κ1) is 14.3. The minimum atomic E-state index is 0.0115. The second-order valence-electron chi connectivity index (χ2n) is 5.91. The summed E-state index contributed by atoms with van der Waals surface area (Å²) in [5.74, 6) is 1.24. The van der Waals surface area contributed by atoms with Crippen molar-refractivity contribution in [3.8, 4) is 0 Å². The van der Waals surface area contributed by atoms with Crippen molar-refractivity contribution in [3.05, 3.63) is 12.2 Å². The van der Waals surface area contributed by atoms with E-state index in [0.717, 1.165) is 44.7 Å². The van der Waals surface area contributed by atoms with Crippen LogP contribution in [0, 0.1) is 0 Å². The van der Waals surface area contributed by atoms with Crippen molar-refractivity contribution in [2.75, 3.05) is 26.2 Å². The summed E-state index contributed by atoms with van der Waals surface area (Å²) in [6.07, 6.45) is 6.10. The number of aromatic nitrogens is 3. The highest BCUT2D eigenvalue weighted by atomic mass is 16.5. The van der Waals surface area contributed by atoms with Crippen molar-refractivity contribution in [1.82, 2.24) is 25.0 Å². The largest absolute Gasteiger partial charge is 0.376 e. The number of aryl methyl sites for hydroxylation is 1. The Morgan fingerprint density at radius 2 is 2.38 bits per heavy atom. The van der Waals surface area contributed by atoms with E-state index in [1.165, 1.54) is 0 Å². The van der Waals surface area contributed by atoms with Gasteiger partial charge in [0.1, 0.15) is 12.2 Å². The molecule has 1 aromatic rings. The van der Waals surface area contributed by atoms with Crippen molar-refractivity contribution < 1.29 is 9.53 Å². The lowest BCUT2D eigenvalue weighted by Crippen LogP contribution is -2.47. The fourth-order valence-corrected chi connectivity index (χ4v) is 3.15. The zero-order valence-electron chi connectivity index (χ0n) is 12.5. The highest BCUT2D eigenvalue weighted by molar-refractivity contribution is 5.74. The van der Waals surface area contributed by atoms with Gasteiger partial charge in [-0.05, 0) is 25.7 Å². The Kier molecular flexibility index (Phi) is 4.38. The Labute approximate surface area is 124 Å². The van der Waals surface area contributed by atoms with E-state index < -0.39 is 0 Å². The molecule has 0 spiro atoms. The summed E-state index contributed by atoms with van der Waals surface area (Å²) in [5.41, 5.74) is 0. The molecular formula is C14H23N5O2. The second-order valence-corrected chi connectivity index (χ2v) is 5.91. The molecule has 7 nitrogen and oxygen atoms in total. The fraction of sp³-hybridized carbons (Fsp3) is 0.786. The third-order valence-corrected chi connectivity index (χ3v) is 4.33. The number of carbonyl (C=O) groups excluding carboxylic acids is 1. The number of nitrogens with one attached hydrogen (secondary N) is 1. The molecular weight excluding hydrogens is 270 g/mol. The third kappa shape index (κ3) is 3.34. The fourth-order valence-electron chi connectivity index (χ4n) is 3.15. The number of hydrogen-bond donors (Lipinski definition) is 1. The lowest BCUT2D eigenvalue weighted by atomic mass is 9.97. The molecule has 2 amide bonds. The molecule has 2 aliphatic heterocycles. The van der Waals surface area contributed by atoms with Gasteiger partial charge in [0.05, 0.1) is 6.10 Å². The molecule has 0 saturated carbocycles. The van der Waals surface area contributed by atoms with Crippen LogP contribution in [0.1, 0.15) is 37.4 Å². The van der Waals surface area contributed by atoms with Crippen LogP contribution in [-0.2, 0) is 11.8 Å². The lowest BCUT2D eigenvalue weighted by molar-refractivity contribution is 0.107. The summed E-state index contributed by atoms with van der Waals surface area (Å²) >= 11 is 0. The molecule has 1 N–H and O–H groups in total. The van der Waals surface area contributed by atoms with E-state index in [9.17, 15) is 4.79 Å². The molecule has 0 aromatic carbocycles. The predicted molar refractivity (Wildman–Crippen MR) is 76.9 cm³/mol. The van der Waals surface area contributed by atoms with Crippen molar-refractivity contribution >= 4 is 6.03 Å². The van der Waals surface area contributed by atoms with E-state index in [2.05, 4.69) is 15.5 Å². The van der Waals surface area contributed by atoms with Gasteiger partial charge >= 0.3 is 6.03 Å². The zero-order chi connectivity index (χ0) is 14.7. The first-order chi connectivity index (χ1) is 10.2. The molecule has 3 rings (SSSR count). The number of amides is 2. The maximum absolute atomic E-state index is 12.3. The summed E-state index contributed by atoms with van der Waals surface area (Å²) in [7, 11) is 1.95. The van der Waals surface area contributed by atoms with E-state index in [1.54, 1.807) is 6.33 Å². The molecule has 2 atom stereocenters. The summed E-state index contributed by atoms with van der Waals surface area (Å²) < 4.78 is 7.47. The second kappa shape index (κ2) is 6.43. The van der Waals surface area contributed by atoms with Crippen LogP contribution in [0.3, 0.4) is 0 Å². The molecule has 21 heavy (non-hydrogen) atoms. The van der Waals surface area contributed by atoms with Gasteiger partial charge in [0.15, 0.2) is 0 Å². The van der Waals surface area contributed by atoms with Gasteiger partial charge in [-0.1, -0.05) is 0 Å². The highest BCUT2D eigenvalue weighted by Gasteiger charge is 2.28. The number of carbonyl (C=O) groups is 1. The van der Waals surface area contributed by atoms with Gasteiger partial charge in [-0.25, -0.2) is 4.79 Å². The topological polar surface area (TPSA) is 72.3 Å². The summed E-state index contributed by atoms with van der Waals surface area (Å²) in [6.45, 7) is 2.96. The Morgan fingerprint density at radius 3 is 3.10 bits per heavy atom. The van der Waals surface area contributed by atoms with Gasteiger partial charge in [0, 0.05) is 39.2 Å². The number of ether oxygens (including phenoxy) is 1. The van der Waals surface area contributed by atoms with Gasteiger partial charge < -0.3 is 19.5 Å². The van der Waals surface area contributed by atoms with Crippen LogP contribution in [0.2, 0.25) is 0 Å². The first-order valence-electron chi connectivity index (χ1n) is 7.72. The normalized spacial score (nSPS) is 26.0. The molecule has 0 aliphatic carbocycles. The van der Waals surface area contributed by atoms with E-state index >= 15 is 0 Å². The van der Waals surface area contributed by atoms with Crippen molar-refractivity contribution in [3.63, 3.8) is 0 Å². The van der Waals surface area contributed by atoms with Crippen LogP contribution in [0.5, 0.6) is 0 Å². The van der Waals surface area contributed by atoms with E-state index in [-0.39, 0.29) is 18.1 Å². The number of hydrogen-bond acceptors (Lipinski definition) is 4. The number of piperidine rings is 1. The Balaban J connectivity index is 1.53. The molecule has 0 unspecified atom stereocenters. The van der Waals surface area contributed by atoms with Crippen molar-refractivity contribution in [2.45, 2.75) is 37.7 Å². The van der Waals surface area contributed by atoms with Crippen LogP contribution >= 0.6 is 0 Å². The summed E-state index contributed by atoms with van der Waals surface area (Å²) in [6, 6.07) is 0.0115. The molecule has 7 heteroatoms. The predicted octanol–water partition coefficient (Wildman–Crippen LogP) is 0.883. The first-order valence-corrected chi connectivity index (χ1v) is 7.72. The van der Waals surface area contributed by atoms with Gasteiger partial charge in [0.2, 0.25) is 0 Å². The highest BCUT2D eigenvalue weighted by Crippen LogP contribution is 2.25. The molecule has 2 fully saturated rings. The van der Waals surface area contributed by atoms with Crippen LogP contribution in [0.15, 0.2) is 6.33 Å². The van der Waals surface area contributed by atoms with E-state index in [1.807, 2.05) is 16.5 Å². The standard InChI is InChI=1S/C14H23N5O2/c1-18-10-16-17-13(18)11-4-2-6-19(9-11)14(20)15-8-12-5-3-7-21-12/h10-12H,2-9H2,1H3,(H,15,20)/t11-,12-/m0/s1. The Morgan fingerprint density at radius 1 is 1.48 bits per heavy atom. The minimum absolute atomic E-state index is 0.0115. The van der Waals surface area contributed by atoms with Crippen LogP contribution < -0.4 is 5.32 Å². The van der Waals surface area contributed by atoms with Crippen molar-refractivity contribution in [2.24, 2.45) is 7.05 Å². The van der Waals surface area contributed by atoms with Crippen molar-refractivity contribution in [1.29, 1.82) is 0 Å². The SMILES string of the molecule is Cn1cnnc1[C@H]1CCCN(C(=O)NC[C@@H]2CCCO2)C1. The maximum atomic E-state index is 12.3. The number of nitrogens with zero attached hydrogens (tertiary/aromatic N) is 4. The van der Waals surface area contributed by atoms with Crippen LogP contribution in [0.25, 0.3) is 0 Å². The number of urea groups is 1. The smallest absolute Gasteiger partial charge is 0.317 e. The Hall–Kier alpha value is -1.63. The summed E-state index contributed by atoms with van der Waals surface area (Å²) in [4.78, 5) is 14.2. The van der Waals surface area contributed by atoms with Gasteiger partial charge in [-0.3, -0.25) is 0 Å². The van der Waals surface area contributed by atoms with E-state index in [4.69, 9.17) is 4.74 Å². The zero-order valence-corrected chi connectivity index (χ0v) is 12.5. The number of likely N-dealkylation sites (tertiary alicyclic amines) is 1. The maximum Gasteiger partial charge on any atom is 0.317 e. The average Bonchev–Trinajstić information content (AvgIpc) is 3.16. The average molecular weight is 293 g/mol. The van der Waals surface area contributed by atoms with Crippen LogP contribution in [0.4, 0.5) is 4.79 Å². The molecule has 3 heterocycles. The number of rotatable bonds is 3. The molecule has 2 saturated heterocycles. The monoisotopic (exact) mass is 293 g/mol. The van der Waals surface area contributed by atoms with Crippen LogP contribution in [-0.4, -0.2) is 58.0 Å². The van der Waals surface area contributed by atoms with Gasteiger partial charge in [0.25, 0.3) is 0 Å². The minimum Gasteiger partial charge on any atom is -0.376 e. The molecule has 0 bridgehead atoms. The molecule has 116 valence electrons. The lowest BCUT2D eigenvalue weighted by Gasteiger charge is -2.32. The summed E-state index contributed by atoms with van der Waals surface area (Å²) in [5, 5.41) is 11.1. The third-order valence-electron chi connectivity index (χ3n) is 4.33. The quantitative estimate of drug-likeness (QED) is 0.898. The van der Waals surface area contributed by atoms with Gasteiger partial charge in [-0.15, -0.1) is 10.2 Å². The molecule has 2 aliphatic rings. The molecule has 0 radical (unpaired) electrons. The van der Waals surface area contributed by atoms with E-state index in [0.29, 0.717) is 13.1 Å². The molecule has 1 aromatic heterocycles. The Bertz CT molecular complexity index is 483. The van der Waals surface area contributed by atoms with Gasteiger partial charge in [-0.2, -0.15) is 0 Å².